The average molecular weight is 349 g/mol. The molecule has 0 aromatic heterocycles. The number of hydrogen-bond acceptors (Lipinski definition) is 2. The Morgan fingerprint density at radius 3 is 2.79 bits per heavy atom. The topological polar surface area (TPSA) is 38.3 Å². The van der Waals surface area contributed by atoms with Crippen molar-refractivity contribution in [3.05, 3.63) is 29.3 Å². The maximum atomic E-state index is 12.0. The summed E-state index contributed by atoms with van der Waals surface area (Å²) in [5.41, 5.74) is -0.257. The maximum absolute atomic E-state index is 12.0. The van der Waals surface area contributed by atoms with Gasteiger partial charge in [-0.1, -0.05) is 33.6 Å². The van der Waals surface area contributed by atoms with Crippen LogP contribution in [0.3, 0.4) is 0 Å². The molecule has 0 fully saturated rings. The fourth-order valence-electron chi connectivity index (χ4n) is 1.53. The van der Waals surface area contributed by atoms with E-state index >= 15 is 0 Å². The largest absolute Gasteiger partial charge is 0.481 e. The molecular formula is C14H19BrClNO2. The van der Waals surface area contributed by atoms with Crippen LogP contribution in [0.2, 0.25) is 5.02 Å². The van der Waals surface area contributed by atoms with E-state index in [-0.39, 0.29) is 11.4 Å². The molecule has 19 heavy (non-hydrogen) atoms. The predicted octanol–water partition coefficient (Wildman–Crippen LogP) is 3.79. The third kappa shape index (κ3) is 5.83. The van der Waals surface area contributed by atoms with Crippen molar-refractivity contribution in [3.63, 3.8) is 0 Å². The maximum Gasteiger partial charge on any atom is 0.261 e. The number of hydrogen-bond donors (Lipinski definition) is 1. The van der Waals surface area contributed by atoms with Gasteiger partial charge in [0.2, 0.25) is 0 Å². The Balaban J connectivity index is 2.58. The highest BCUT2D eigenvalue weighted by Gasteiger charge is 2.23. The molecule has 1 N–H and O–H groups in total. The molecule has 0 aliphatic carbocycles. The summed E-state index contributed by atoms with van der Waals surface area (Å²) in [6, 6.07) is 7.02. The fraction of sp³-hybridized carbons (Fsp3) is 0.500. The SMILES string of the molecule is CC(Oc1cccc(Cl)c1)C(=O)NC(C)(C)CCBr. The van der Waals surface area contributed by atoms with Crippen molar-refractivity contribution in [2.45, 2.75) is 38.8 Å². The molecule has 0 saturated carbocycles. The smallest absolute Gasteiger partial charge is 0.261 e. The second kappa shape index (κ2) is 7.15. The van der Waals surface area contributed by atoms with Gasteiger partial charge >= 0.3 is 0 Å². The van der Waals surface area contributed by atoms with E-state index in [2.05, 4.69) is 21.2 Å². The van der Waals surface area contributed by atoms with E-state index in [0.29, 0.717) is 10.8 Å². The van der Waals surface area contributed by atoms with Gasteiger partial charge in [0.1, 0.15) is 5.75 Å². The Bertz CT molecular complexity index is 437. The van der Waals surface area contributed by atoms with Crippen LogP contribution in [0, 0.1) is 0 Å². The first-order valence-corrected chi connectivity index (χ1v) is 7.64. The Morgan fingerprint density at radius 1 is 1.53 bits per heavy atom. The molecule has 0 aliphatic rings. The van der Waals surface area contributed by atoms with Gasteiger partial charge in [0.05, 0.1) is 0 Å². The third-order valence-corrected chi connectivity index (χ3v) is 3.29. The lowest BCUT2D eigenvalue weighted by atomic mass is 10.0. The van der Waals surface area contributed by atoms with Crippen LogP contribution >= 0.6 is 27.5 Å². The standard InChI is InChI=1S/C14H19BrClNO2/c1-10(13(18)17-14(2,3)7-8-15)19-12-6-4-5-11(16)9-12/h4-6,9-10H,7-8H2,1-3H3,(H,17,18). The average Bonchev–Trinajstić information content (AvgIpc) is 2.27. The predicted molar refractivity (Wildman–Crippen MR) is 82.2 cm³/mol. The van der Waals surface area contributed by atoms with Crippen molar-refractivity contribution in [2.24, 2.45) is 0 Å². The number of benzene rings is 1. The van der Waals surface area contributed by atoms with E-state index in [4.69, 9.17) is 16.3 Å². The van der Waals surface area contributed by atoms with Crippen LogP contribution in [-0.2, 0) is 4.79 Å². The number of halogens is 2. The number of carbonyl (C=O) groups is 1. The minimum atomic E-state index is -0.562. The number of carbonyl (C=O) groups excluding carboxylic acids is 1. The van der Waals surface area contributed by atoms with Crippen LogP contribution in [0.25, 0.3) is 0 Å². The van der Waals surface area contributed by atoms with E-state index in [0.717, 1.165) is 11.8 Å². The normalized spacial score (nSPS) is 12.9. The molecule has 5 heteroatoms. The molecule has 0 heterocycles. The lowest BCUT2D eigenvalue weighted by molar-refractivity contribution is -0.128. The van der Waals surface area contributed by atoms with Crippen molar-refractivity contribution < 1.29 is 9.53 Å². The molecule has 0 radical (unpaired) electrons. The van der Waals surface area contributed by atoms with E-state index in [9.17, 15) is 4.79 Å². The summed E-state index contributed by atoms with van der Waals surface area (Å²) in [5.74, 6) is 0.458. The molecule has 0 aliphatic heterocycles. The minimum absolute atomic E-state index is 0.133. The number of amides is 1. The monoisotopic (exact) mass is 347 g/mol. The molecule has 3 nitrogen and oxygen atoms in total. The van der Waals surface area contributed by atoms with Gasteiger partial charge in [-0.2, -0.15) is 0 Å². The zero-order valence-electron chi connectivity index (χ0n) is 11.4. The van der Waals surface area contributed by atoms with Crippen LogP contribution in [0.4, 0.5) is 0 Å². The molecule has 106 valence electrons. The van der Waals surface area contributed by atoms with Gasteiger partial charge in [0.25, 0.3) is 5.91 Å². The number of nitrogens with one attached hydrogen (secondary N) is 1. The summed E-state index contributed by atoms with van der Waals surface area (Å²) in [6.45, 7) is 5.69. The Kier molecular flexibility index (Phi) is 6.14. The van der Waals surface area contributed by atoms with E-state index < -0.39 is 6.10 Å². The molecule has 1 aromatic rings. The summed E-state index contributed by atoms with van der Waals surface area (Å²) >= 11 is 9.25. The summed E-state index contributed by atoms with van der Waals surface area (Å²) in [6.07, 6.45) is 0.288. The molecule has 1 rings (SSSR count). The zero-order valence-corrected chi connectivity index (χ0v) is 13.7. The summed E-state index contributed by atoms with van der Waals surface area (Å²) in [4.78, 5) is 12.0. The summed E-state index contributed by atoms with van der Waals surface area (Å²) in [5, 5.41) is 4.39. The van der Waals surface area contributed by atoms with Crippen molar-refractivity contribution in [1.29, 1.82) is 0 Å². The van der Waals surface area contributed by atoms with E-state index in [1.54, 1.807) is 31.2 Å². The molecule has 0 bridgehead atoms. The number of ether oxygens (including phenoxy) is 1. The molecule has 0 spiro atoms. The minimum Gasteiger partial charge on any atom is -0.481 e. The first-order valence-electron chi connectivity index (χ1n) is 6.14. The quantitative estimate of drug-likeness (QED) is 0.794. The lowest BCUT2D eigenvalue weighted by Crippen LogP contribution is -2.48. The highest BCUT2D eigenvalue weighted by molar-refractivity contribution is 9.09. The summed E-state index contributed by atoms with van der Waals surface area (Å²) in [7, 11) is 0. The van der Waals surface area contributed by atoms with E-state index in [1.807, 2.05) is 13.8 Å². The Hall–Kier alpha value is -0.740. The molecular weight excluding hydrogens is 330 g/mol. The third-order valence-electron chi connectivity index (χ3n) is 2.66. The first kappa shape index (κ1) is 16.3. The van der Waals surface area contributed by atoms with Gasteiger partial charge in [0, 0.05) is 15.9 Å². The highest BCUT2D eigenvalue weighted by atomic mass is 79.9. The van der Waals surface area contributed by atoms with Gasteiger partial charge in [-0.25, -0.2) is 0 Å². The number of rotatable bonds is 6. The van der Waals surface area contributed by atoms with Crippen molar-refractivity contribution >= 4 is 33.4 Å². The molecule has 1 amide bonds. The molecule has 1 unspecified atom stereocenters. The van der Waals surface area contributed by atoms with Crippen LogP contribution in [0.1, 0.15) is 27.2 Å². The van der Waals surface area contributed by atoms with Crippen molar-refractivity contribution in [1.82, 2.24) is 5.32 Å². The second-order valence-electron chi connectivity index (χ2n) is 5.03. The van der Waals surface area contributed by atoms with Crippen molar-refractivity contribution in [3.8, 4) is 5.75 Å². The molecule has 1 aromatic carbocycles. The molecule has 0 saturated heterocycles. The van der Waals surface area contributed by atoms with Crippen molar-refractivity contribution in [2.75, 3.05) is 5.33 Å². The second-order valence-corrected chi connectivity index (χ2v) is 6.26. The van der Waals surface area contributed by atoms with Gasteiger partial charge in [-0.15, -0.1) is 0 Å². The lowest BCUT2D eigenvalue weighted by Gasteiger charge is -2.27. The fourth-order valence-corrected chi connectivity index (χ4v) is 2.70. The van der Waals surface area contributed by atoms with Gasteiger partial charge in [-0.3, -0.25) is 4.79 Å². The van der Waals surface area contributed by atoms with Gasteiger partial charge < -0.3 is 10.1 Å². The van der Waals surface area contributed by atoms with Gasteiger partial charge in [-0.05, 0) is 45.4 Å². The van der Waals surface area contributed by atoms with Crippen LogP contribution in [-0.4, -0.2) is 22.9 Å². The number of alkyl halides is 1. The van der Waals surface area contributed by atoms with Crippen LogP contribution < -0.4 is 10.1 Å². The van der Waals surface area contributed by atoms with E-state index in [1.165, 1.54) is 0 Å². The Labute approximate surface area is 127 Å². The van der Waals surface area contributed by atoms with Crippen LogP contribution in [0.15, 0.2) is 24.3 Å². The van der Waals surface area contributed by atoms with Crippen LogP contribution in [0.5, 0.6) is 5.75 Å². The highest BCUT2D eigenvalue weighted by Crippen LogP contribution is 2.19. The zero-order chi connectivity index (χ0) is 14.5. The summed E-state index contributed by atoms with van der Waals surface area (Å²) < 4.78 is 5.57. The first-order chi connectivity index (χ1) is 8.84. The molecule has 1 atom stereocenters. The Morgan fingerprint density at radius 2 is 2.21 bits per heavy atom. The van der Waals surface area contributed by atoms with Gasteiger partial charge in [0.15, 0.2) is 6.10 Å².